The van der Waals surface area contributed by atoms with Gasteiger partial charge >= 0.3 is 14.0 Å². The first-order valence-corrected chi connectivity index (χ1v) is 31.9. The van der Waals surface area contributed by atoms with Gasteiger partial charge in [-0.1, -0.05) is 102 Å². The van der Waals surface area contributed by atoms with Crippen LogP contribution in [0.1, 0.15) is 206 Å². The van der Waals surface area contributed by atoms with Crippen molar-refractivity contribution in [2.75, 3.05) is 23.8 Å². The number of Topliss-reactive ketones (excluding diaryl/α,β-unsaturated/α-hetero) is 2. The van der Waals surface area contributed by atoms with Crippen LogP contribution < -0.4 is 20.1 Å². The number of hydrogen-bond donors (Lipinski definition) is 2. The molecule has 0 bridgehead atoms. The van der Waals surface area contributed by atoms with Crippen LogP contribution in [0, 0.1) is 0 Å². The fourth-order valence-electron chi connectivity index (χ4n) is 9.99. The van der Waals surface area contributed by atoms with Crippen molar-refractivity contribution < 1.29 is 46.5 Å². The molecule has 2 N–H and O–H groups in total. The quantitative estimate of drug-likeness (QED) is 0.0653. The molecule has 0 saturated carbocycles. The van der Waals surface area contributed by atoms with Crippen molar-refractivity contribution in [3.8, 4) is 22.8 Å². The molecule has 0 aliphatic carbocycles. The summed E-state index contributed by atoms with van der Waals surface area (Å²) in [7, 11) is 2.74. The van der Waals surface area contributed by atoms with Crippen LogP contribution in [-0.4, -0.2) is 121 Å². The van der Waals surface area contributed by atoms with E-state index in [9.17, 15) is 9.59 Å². The molecule has 0 radical (unpaired) electrons. The molecule has 0 amide bonds. The van der Waals surface area contributed by atoms with Gasteiger partial charge in [0.05, 0.1) is 65.1 Å². The van der Waals surface area contributed by atoms with E-state index < -0.39 is 14.0 Å². The topological polar surface area (TPSA) is 279 Å². The maximum absolute atomic E-state index is 13.0. The fraction of sp³-hybridized carbons (Fsp3) is 0.515. The average Bonchev–Trinajstić information content (AvgIpc) is 1.59. The van der Waals surface area contributed by atoms with Crippen LogP contribution in [-0.2, 0) is 43.5 Å². The minimum Gasteiger partial charge on any atom is -0.493 e. The third-order valence-electron chi connectivity index (χ3n) is 16.5. The van der Waals surface area contributed by atoms with Gasteiger partial charge in [0.15, 0.2) is 0 Å². The van der Waals surface area contributed by atoms with Crippen molar-refractivity contribution in [2.45, 2.75) is 195 Å². The summed E-state index contributed by atoms with van der Waals surface area (Å²) in [4.78, 5) is 42.5. The number of fused-ring (bicyclic) bond motifs is 2. The number of benzene rings is 2. The third kappa shape index (κ3) is 18.5. The van der Waals surface area contributed by atoms with E-state index in [1.807, 2.05) is 166 Å². The average molecular weight is 1380 g/mol. The van der Waals surface area contributed by atoms with Crippen LogP contribution in [0.4, 0.5) is 23.3 Å². The van der Waals surface area contributed by atoms with E-state index in [4.69, 9.17) is 48.5 Å². The van der Waals surface area contributed by atoms with Crippen LogP contribution >= 0.6 is 27.5 Å². The van der Waals surface area contributed by atoms with E-state index in [1.165, 1.54) is 0 Å². The number of nitrogens with zero attached hydrogens (tertiary/aromatic N) is 12. The predicted molar refractivity (Wildman–Crippen MR) is 366 cm³/mol. The van der Waals surface area contributed by atoms with E-state index in [-0.39, 0.29) is 89.7 Å². The second kappa shape index (κ2) is 30.1. The Balaban J connectivity index is 0.000000187. The van der Waals surface area contributed by atoms with Gasteiger partial charge in [0.25, 0.3) is 11.8 Å². The van der Waals surface area contributed by atoms with Gasteiger partial charge in [-0.25, -0.2) is 19.9 Å². The zero-order chi connectivity index (χ0) is 66.6. The van der Waals surface area contributed by atoms with Crippen LogP contribution in [0.25, 0.3) is 11.3 Å². The molecule has 12 rings (SSSR count). The van der Waals surface area contributed by atoms with Gasteiger partial charge in [-0.2, -0.15) is 10.2 Å². The van der Waals surface area contributed by atoms with Crippen LogP contribution in [0.3, 0.4) is 0 Å². The Morgan fingerprint density at radius 1 is 0.606 bits per heavy atom. The first-order valence-electron chi connectivity index (χ1n) is 30.7. The van der Waals surface area contributed by atoms with Crippen LogP contribution in [0.5, 0.6) is 11.5 Å². The number of ketones is 2. The summed E-state index contributed by atoms with van der Waals surface area (Å²) in [6.07, 6.45) is 14.5. The number of aryl methyl sites for hydroxylation is 2. The molecule has 2 saturated heterocycles. The lowest BCUT2D eigenvalue weighted by atomic mass is 9.49. The monoisotopic (exact) mass is 1370 g/mol. The zero-order valence-electron chi connectivity index (χ0n) is 55.3. The first kappa shape index (κ1) is 74.0. The second-order valence-electron chi connectivity index (χ2n) is 27.2. The highest BCUT2D eigenvalue weighted by atomic mass is 79.9. The standard InChI is InChI=1S/C26H29N7O3.C18H21BrN2O3.C12H24B2O4.C8H8ClN5.2CH4/c1-26(2,3)24-32-31-23(36-24)21(34)12-16-6-5-11-35-22-13-17(7-8-19(16)22)20-9-10-27-25(30-20)29-18-14-28-33(4)15-18;1-18(2,3)17-21-20-16(24-17)14(22)9-11-5-4-8-23-15-10-12(19)6-7-13(11)15;1-9(2)10(3,4)16-13(15-9)14-17-11(5,6)12(7,8)18-14;1-14-5-6(4-11-14)12-8-10-3-2-7(9)13-8;;/h7-10,13-16H,5-6,11-12H2,1-4H3,(H,27,29,30);6-7,10-11H,4-5,8-9H2,1-3H3;1-8H3;2-5H,1H3,(H,10,12,13);2*1H4. The Morgan fingerprint density at radius 3 is 1.45 bits per heavy atom. The lowest BCUT2D eigenvalue weighted by Crippen LogP contribution is -2.41. The van der Waals surface area contributed by atoms with Gasteiger partial charge in [0.1, 0.15) is 16.7 Å². The Kier molecular flexibility index (Phi) is 23.7. The summed E-state index contributed by atoms with van der Waals surface area (Å²) in [6, 6.07) is 15.5. The largest absolute Gasteiger partial charge is 0.493 e. The van der Waals surface area contributed by atoms with Crippen molar-refractivity contribution in [3.63, 3.8) is 0 Å². The van der Waals surface area contributed by atoms with E-state index in [2.05, 4.69) is 77.1 Å². The van der Waals surface area contributed by atoms with Gasteiger partial charge in [-0.05, 0) is 134 Å². The van der Waals surface area contributed by atoms with Gasteiger partial charge in [-0.15, -0.1) is 20.4 Å². The minimum atomic E-state index is -0.476. The molecule has 2 aromatic carbocycles. The van der Waals surface area contributed by atoms with Gasteiger partial charge in [-0.3, -0.25) is 19.0 Å². The third-order valence-corrected chi connectivity index (χ3v) is 17.2. The van der Waals surface area contributed by atoms with Crippen molar-refractivity contribution in [1.29, 1.82) is 0 Å². The SMILES string of the molecule is C.C.CC(C)(C)c1nnc(C(=O)CC2CCCOc3cc(Br)ccc32)o1.CC1(C)OB(B2OC(C)(C)C(C)(C)O2)OC1(C)C.Cn1cc(Nc2nccc(-c3ccc4c(c3)OCCCC4CC(=O)c3nnc(C(C)(C)C)o3)n2)cn1.Cn1cc(Nc2nccc(Cl)n2)cn1. The maximum Gasteiger partial charge on any atom is 0.488 e. The summed E-state index contributed by atoms with van der Waals surface area (Å²) in [5, 5.41) is 30.7. The van der Waals surface area contributed by atoms with E-state index in [0.29, 0.717) is 48.5 Å². The van der Waals surface area contributed by atoms with Gasteiger partial charge in [0, 0.05) is 72.6 Å². The smallest absolute Gasteiger partial charge is 0.488 e. The van der Waals surface area contributed by atoms with E-state index in [1.54, 1.807) is 40.2 Å². The number of hydrogen-bond acceptors (Lipinski definition) is 22. The Labute approximate surface area is 566 Å². The molecule has 504 valence electrons. The van der Waals surface area contributed by atoms with E-state index in [0.717, 1.165) is 75.4 Å². The molecule has 2 fully saturated rings. The summed E-state index contributed by atoms with van der Waals surface area (Å²) in [5.41, 5.74) is 3.37. The highest BCUT2D eigenvalue weighted by molar-refractivity contribution is 9.10. The molecular formula is C66H90B2BrClN14O10. The number of anilines is 4. The summed E-state index contributed by atoms with van der Waals surface area (Å²) in [6.45, 7) is 29.3. The number of halogens is 2. The van der Waals surface area contributed by atoms with Crippen LogP contribution in [0.2, 0.25) is 5.15 Å². The van der Waals surface area contributed by atoms with Crippen molar-refractivity contribution in [2.24, 2.45) is 14.1 Å². The molecule has 4 aliphatic heterocycles. The molecule has 8 aromatic rings. The van der Waals surface area contributed by atoms with Gasteiger partial charge in [0.2, 0.25) is 35.2 Å². The summed E-state index contributed by atoms with van der Waals surface area (Å²) < 4.78 is 51.3. The zero-order valence-corrected chi connectivity index (χ0v) is 57.6. The lowest BCUT2D eigenvalue weighted by molar-refractivity contribution is 0.00578. The minimum absolute atomic E-state index is 0. The summed E-state index contributed by atoms with van der Waals surface area (Å²) >= 11 is 9.17. The highest BCUT2D eigenvalue weighted by Crippen LogP contribution is 2.44. The molecule has 0 spiro atoms. The molecule has 6 aromatic heterocycles. The fourth-order valence-corrected chi connectivity index (χ4v) is 10.5. The molecular weight excluding hydrogens is 1290 g/mol. The van der Waals surface area contributed by atoms with E-state index >= 15 is 0 Å². The highest BCUT2D eigenvalue weighted by Gasteiger charge is 2.63. The van der Waals surface area contributed by atoms with Crippen molar-refractivity contribution in [3.05, 3.63) is 130 Å². The second-order valence-corrected chi connectivity index (χ2v) is 28.5. The maximum atomic E-state index is 13.0. The predicted octanol–water partition coefficient (Wildman–Crippen LogP) is 14.6. The molecule has 2 atom stereocenters. The number of aromatic nitrogens is 12. The number of carbonyl (C=O) groups excluding carboxylic acids is 2. The number of nitrogens with one attached hydrogen (secondary N) is 2. The first-order chi connectivity index (χ1) is 43.2. The lowest BCUT2D eigenvalue weighted by Gasteiger charge is -2.32. The van der Waals surface area contributed by atoms with Gasteiger partial charge < -0.3 is 47.6 Å². The van der Waals surface area contributed by atoms with Crippen molar-refractivity contribution >= 4 is 76.4 Å². The Bertz CT molecular complexity index is 3790. The summed E-state index contributed by atoms with van der Waals surface area (Å²) in [5.74, 6) is 3.52. The molecule has 94 heavy (non-hydrogen) atoms. The van der Waals surface area contributed by atoms with Crippen LogP contribution in [0.15, 0.2) is 99.0 Å². The number of carbonyl (C=O) groups is 2. The Morgan fingerprint density at radius 2 is 1.03 bits per heavy atom. The van der Waals surface area contributed by atoms with Crippen molar-refractivity contribution in [1.82, 2.24) is 59.9 Å². The molecule has 10 heterocycles. The normalized spacial score (nSPS) is 18.1. The molecule has 4 aliphatic rings. The molecule has 24 nitrogen and oxygen atoms in total. The molecule has 28 heteroatoms. The molecule has 2 unspecified atom stereocenters. The Hall–Kier alpha value is -7.42. The number of rotatable bonds is 12. The number of ether oxygens (including phenoxy) is 2.